The maximum atomic E-state index is 10.8. The molecule has 2 aromatic carbocycles. The van der Waals surface area contributed by atoms with E-state index in [0.717, 1.165) is 11.3 Å². The molecule has 0 atom stereocenters. The lowest BCUT2D eigenvalue weighted by atomic mass is 10.2. The highest BCUT2D eigenvalue weighted by atomic mass is 32.1. The third-order valence-electron chi connectivity index (χ3n) is 2.72. The SMILES string of the molecule is Cc1ccccc1NC(=S)Nc1cccc([N+](=O)O)c1. The van der Waals surface area contributed by atoms with Gasteiger partial charge in [0.25, 0.3) is 4.92 Å². The van der Waals surface area contributed by atoms with Crippen molar-refractivity contribution in [3.8, 4) is 0 Å². The summed E-state index contributed by atoms with van der Waals surface area (Å²) in [6.45, 7) is 1.98. The predicted octanol–water partition coefficient (Wildman–Crippen LogP) is 3.60. The van der Waals surface area contributed by atoms with Gasteiger partial charge in [0.1, 0.15) is 0 Å². The van der Waals surface area contributed by atoms with E-state index in [9.17, 15) is 4.91 Å². The molecule has 0 unspecified atom stereocenters. The molecule has 0 aliphatic rings. The van der Waals surface area contributed by atoms with Gasteiger partial charge in [-0.05, 0) is 36.8 Å². The molecule has 5 nitrogen and oxygen atoms in total. The molecule has 6 heteroatoms. The number of aryl methyl sites for hydroxylation is 1. The van der Waals surface area contributed by atoms with Gasteiger partial charge in [-0.3, -0.25) is 0 Å². The van der Waals surface area contributed by atoms with Crippen LogP contribution in [-0.4, -0.2) is 15.2 Å². The van der Waals surface area contributed by atoms with E-state index in [1.807, 2.05) is 31.2 Å². The Morgan fingerprint density at radius 1 is 1.15 bits per heavy atom. The van der Waals surface area contributed by atoms with Gasteiger partial charge in [-0.25, -0.2) is 5.21 Å². The lowest BCUT2D eigenvalue weighted by molar-refractivity contribution is -0.729. The number of anilines is 2. The Morgan fingerprint density at radius 2 is 1.90 bits per heavy atom. The minimum absolute atomic E-state index is 0.133. The lowest BCUT2D eigenvalue weighted by Gasteiger charge is -2.12. The molecule has 3 N–H and O–H groups in total. The van der Waals surface area contributed by atoms with Crippen molar-refractivity contribution in [1.29, 1.82) is 0 Å². The van der Waals surface area contributed by atoms with Crippen LogP contribution in [0, 0.1) is 11.8 Å². The number of nitrogens with zero attached hydrogens (tertiary/aromatic N) is 1. The van der Waals surface area contributed by atoms with Crippen LogP contribution in [0.15, 0.2) is 48.5 Å². The van der Waals surface area contributed by atoms with E-state index in [0.29, 0.717) is 10.8 Å². The summed E-state index contributed by atoms with van der Waals surface area (Å²) in [5.74, 6) is 0. The standard InChI is InChI=1S/C14H13N3O2S/c1-10-5-2-3-8-13(10)16-14(20)15-11-6-4-7-12(9-11)17(18)19/h2-9H,1H3,(H2-,15,16,18,19,20)/p+1. The largest absolute Gasteiger partial charge is 0.332 e. The highest BCUT2D eigenvalue weighted by Gasteiger charge is 2.11. The Balaban J connectivity index is 2.07. The van der Waals surface area contributed by atoms with Crippen LogP contribution in [0.2, 0.25) is 0 Å². The van der Waals surface area contributed by atoms with Gasteiger partial charge in [0.15, 0.2) is 5.11 Å². The number of nitrogens with one attached hydrogen (secondary N) is 2. The number of hydrogen-bond acceptors (Lipinski definition) is 2. The Labute approximate surface area is 121 Å². The minimum atomic E-state index is -0.191. The van der Waals surface area contributed by atoms with Gasteiger partial charge >= 0.3 is 5.69 Å². The molecule has 0 fully saturated rings. The molecular weight excluding hydrogens is 274 g/mol. The second kappa shape index (κ2) is 6.12. The number of rotatable bonds is 3. The Kier molecular flexibility index (Phi) is 4.27. The minimum Gasteiger partial charge on any atom is -0.332 e. The van der Waals surface area contributed by atoms with Crippen LogP contribution in [0.3, 0.4) is 0 Å². The smallest absolute Gasteiger partial charge is 0.318 e. The quantitative estimate of drug-likeness (QED) is 0.595. The average Bonchev–Trinajstić information content (AvgIpc) is 2.41. The number of thiocarbonyl (C=S) groups is 1. The third kappa shape index (κ3) is 3.52. The zero-order valence-corrected chi connectivity index (χ0v) is 11.6. The van der Waals surface area contributed by atoms with Gasteiger partial charge < -0.3 is 10.6 Å². The van der Waals surface area contributed by atoms with Crippen molar-refractivity contribution in [2.75, 3.05) is 10.6 Å². The van der Waals surface area contributed by atoms with E-state index in [4.69, 9.17) is 17.4 Å². The van der Waals surface area contributed by atoms with Gasteiger partial charge in [-0.2, -0.15) is 0 Å². The Morgan fingerprint density at radius 3 is 2.60 bits per heavy atom. The van der Waals surface area contributed by atoms with Crippen molar-refractivity contribution in [2.45, 2.75) is 6.92 Å². The van der Waals surface area contributed by atoms with Gasteiger partial charge in [-0.1, -0.05) is 24.3 Å². The molecule has 0 saturated heterocycles. The number of hydrogen-bond donors (Lipinski definition) is 3. The zero-order valence-electron chi connectivity index (χ0n) is 10.8. The van der Waals surface area contributed by atoms with E-state index in [1.165, 1.54) is 12.1 Å². The summed E-state index contributed by atoms with van der Waals surface area (Å²) in [6, 6.07) is 14.2. The van der Waals surface area contributed by atoms with Crippen molar-refractivity contribution in [2.24, 2.45) is 0 Å². The highest BCUT2D eigenvalue weighted by molar-refractivity contribution is 7.80. The monoisotopic (exact) mass is 288 g/mol. The molecule has 0 spiro atoms. The summed E-state index contributed by atoms with van der Waals surface area (Å²) in [4.78, 5) is 10.6. The van der Waals surface area contributed by atoms with Gasteiger partial charge in [0.05, 0.1) is 4.91 Å². The molecule has 0 aliphatic carbocycles. The van der Waals surface area contributed by atoms with E-state index >= 15 is 0 Å². The third-order valence-corrected chi connectivity index (χ3v) is 2.92. The zero-order chi connectivity index (χ0) is 14.5. The summed E-state index contributed by atoms with van der Waals surface area (Å²) in [6.07, 6.45) is 0. The van der Waals surface area contributed by atoms with Crippen molar-refractivity contribution in [3.63, 3.8) is 0 Å². The molecule has 0 saturated carbocycles. The van der Waals surface area contributed by atoms with Crippen molar-refractivity contribution < 1.29 is 10.1 Å². The van der Waals surface area contributed by atoms with E-state index in [2.05, 4.69) is 10.6 Å². The van der Waals surface area contributed by atoms with Crippen molar-refractivity contribution in [1.82, 2.24) is 0 Å². The van der Waals surface area contributed by atoms with Crippen LogP contribution < -0.4 is 10.6 Å². The van der Waals surface area contributed by atoms with Crippen molar-refractivity contribution >= 4 is 34.4 Å². The Bertz CT molecular complexity index is 658. The maximum absolute atomic E-state index is 10.8. The molecule has 2 aromatic rings. The van der Waals surface area contributed by atoms with E-state index in [1.54, 1.807) is 12.1 Å². The van der Waals surface area contributed by atoms with Crippen molar-refractivity contribution in [3.05, 3.63) is 59.0 Å². The lowest BCUT2D eigenvalue weighted by Crippen LogP contribution is -2.19. The molecule has 2 rings (SSSR count). The van der Waals surface area contributed by atoms with Gasteiger partial charge in [-0.15, -0.1) is 0 Å². The molecule has 0 amide bonds. The second-order valence-corrected chi connectivity index (χ2v) is 4.63. The fraction of sp³-hybridized carbons (Fsp3) is 0.0714. The molecular formula is C14H14N3O2S+. The summed E-state index contributed by atoms with van der Waals surface area (Å²) in [5.41, 5.74) is 2.73. The molecule has 20 heavy (non-hydrogen) atoms. The topological polar surface area (TPSA) is 64.4 Å². The number of para-hydroxylation sites is 1. The molecule has 0 bridgehead atoms. The summed E-state index contributed by atoms with van der Waals surface area (Å²) < 4.78 is 0. The first-order chi connectivity index (χ1) is 9.56. The van der Waals surface area contributed by atoms with Crippen LogP contribution in [-0.2, 0) is 0 Å². The first kappa shape index (κ1) is 14.0. The normalized spacial score (nSPS) is 9.85. The van der Waals surface area contributed by atoms with Gasteiger partial charge in [0.2, 0.25) is 0 Å². The summed E-state index contributed by atoms with van der Waals surface area (Å²) >= 11 is 5.21. The predicted molar refractivity (Wildman–Crippen MR) is 82.5 cm³/mol. The van der Waals surface area contributed by atoms with Crippen LogP contribution in [0.5, 0.6) is 0 Å². The first-order valence-electron chi connectivity index (χ1n) is 5.96. The van der Waals surface area contributed by atoms with E-state index < -0.39 is 0 Å². The van der Waals surface area contributed by atoms with Crippen LogP contribution in [0.25, 0.3) is 0 Å². The van der Waals surface area contributed by atoms with Gasteiger partial charge in [0, 0.05) is 23.5 Å². The number of benzene rings is 2. The molecule has 0 heterocycles. The fourth-order valence-corrected chi connectivity index (χ4v) is 1.93. The fourth-order valence-electron chi connectivity index (χ4n) is 1.70. The summed E-state index contributed by atoms with van der Waals surface area (Å²) in [7, 11) is 0. The second-order valence-electron chi connectivity index (χ2n) is 4.22. The van der Waals surface area contributed by atoms with E-state index in [-0.39, 0.29) is 10.6 Å². The van der Waals surface area contributed by atoms with Crippen LogP contribution >= 0.6 is 12.2 Å². The average molecular weight is 288 g/mol. The Hall–Kier alpha value is -2.47. The molecule has 0 aromatic heterocycles. The van der Waals surface area contributed by atoms with Crippen LogP contribution in [0.4, 0.5) is 17.1 Å². The van der Waals surface area contributed by atoms with Crippen LogP contribution in [0.1, 0.15) is 5.56 Å². The first-order valence-corrected chi connectivity index (χ1v) is 6.37. The molecule has 0 radical (unpaired) electrons. The summed E-state index contributed by atoms with van der Waals surface area (Å²) in [5, 5.41) is 15.3. The maximum Gasteiger partial charge on any atom is 0.318 e. The molecule has 102 valence electrons. The molecule has 0 aliphatic heterocycles. The highest BCUT2D eigenvalue weighted by Crippen LogP contribution is 2.18.